The predicted octanol–water partition coefficient (Wildman–Crippen LogP) is 7.00. The minimum Gasteiger partial charge on any atom is -0.497 e. The van der Waals surface area contributed by atoms with Crippen molar-refractivity contribution < 1.29 is 25.8 Å². The van der Waals surface area contributed by atoms with Gasteiger partial charge >= 0.3 is 21.1 Å². The first kappa shape index (κ1) is 22.9. The molecule has 0 radical (unpaired) electrons. The molecule has 0 unspecified atom stereocenters. The predicted molar refractivity (Wildman–Crippen MR) is 145 cm³/mol. The Hall–Kier alpha value is -4.28. The number of nitrogens with zero attached hydrogens (tertiary/aromatic N) is 5. The molecule has 3 aromatic carbocycles. The quantitative estimate of drug-likeness (QED) is 0.147. The van der Waals surface area contributed by atoms with Gasteiger partial charge in [0.2, 0.25) is 0 Å². The van der Waals surface area contributed by atoms with Gasteiger partial charge in [-0.2, -0.15) is 0 Å². The van der Waals surface area contributed by atoms with Crippen LogP contribution in [0.15, 0.2) is 79.3 Å². The molecule has 0 bridgehead atoms. The molecular weight excluding hydrogens is 653 g/mol. The molecule has 0 aliphatic heterocycles. The Morgan fingerprint density at radius 1 is 0.684 bits per heavy atom. The fourth-order valence-corrected chi connectivity index (χ4v) is 5.42. The summed E-state index contributed by atoms with van der Waals surface area (Å²) < 4.78 is 10.5. The maximum atomic E-state index is 6.33. The van der Waals surface area contributed by atoms with Crippen molar-refractivity contribution in [1.29, 1.82) is 0 Å². The molecule has 7 heteroatoms. The van der Waals surface area contributed by atoms with Crippen molar-refractivity contribution >= 4 is 54.8 Å². The monoisotopic (exact) mass is 672 g/mol. The van der Waals surface area contributed by atoms with Crippen molar-refractivity contribution in [3.05, 3.63) is 103 Å². The molecule has 0 aliphatic carbocycles. The molecule has 0 amide bonds. The van der Waals surface area contributed by atoms with E-state index in [1.54, 1.807) is 12.4 Å². The number of hydrogen-bond acceptors (Lipinski definition) is 4. The van der Waals surface area contributed by atoms with Gasteiger partial charge in [0.25, 0.3) is 0 Å². The van der Waals surface area contributed by atoms with E-state index < -0.39 is 0 Å². The van der Waals surface area contributed by atoms with E-state index in [4.69, 9.17) is 9.72 Å². The Labute approximate surface area is 231 Å². The smallest absolute Gasteiger partial charge is 0.497 e. The van der Waals surface area contributed by atoms with E-state index >= 15 is 0 Å². The summed E-state index contributed by atoms with van der Waals surface area (Å²) in [5.74, 6) is 1.21. The van der Waals surface area contributed by atoms with Crippen LogP contribution in [0.2, 0.25) is 0 Å². The fraction of sp³-hybridized carbons (Fsp3) is 0.0645. The molecular formula is C31H19N5OPt. The topological polar surface area (TPSA) is 56.7 Å². The van der Waals surface area contributed by atoms with E-state index in [0.29, 0.717) is 11.5 Å². The van der Waals surface area contributed by atoms with Gasteiger partial charge in [-0.05, 0) is 36.8 Å². The van der Waals surface area contributed by atoms with Gasteiger partial charge in [-0.25, -0.2) is 4.98 Å². The van der Waals surface area contributed by atoms with Crippen LogP contribution in [0.4, 0.5) is 0 Å². The van der Waals surface area contributed by atoms with Crippen molar-refractivity contribution in [2.75, 3.05) is 0 Å². The summed E-state index contributed by atoms with van der Waals surface area (Å²) in [6.07, 6.45) is 5.51. The van der Waals surface area contributed by atoms with Gasteiger partial charge in [-0.1, -0.05) is 70.1 Å². The molecule has 0 N–H and O–H groups in total. The number of aryl methyl sites for hydroxylation is 2. The fourth-order valence-electron chi connectivity index (χ4n) is 5.42. The van der Waals surface area contributed by atoms with Crippen LogP contribution in [0, 0.1) is 26.0 Å². The Morgan fingerprint density at radius 2 is 1.37 bits per heavy atom. The van der Waals surface area contributed by atoms with Gasteiger partial charge < -0.3 is 13.5 Å². The second-order valence-electron chi connectivity index (χ2n) is 9.28. The standard InChI is InChI=1S/C31H19N5O.Pt/c1-18-19(2)36-28-8-4-3-6-24(28)22-11-9-21(17-27(22)31(36)34-18)37-20-10-12-23-25-7-5-13-32-29(25)35-15-14-33-30(35)26(23)16-20;/h3-15H,1-2H3;/q-2;+2. The van der Waals surface area contributed by atoms with Gasteiger partial charge in [0.05, 0.1) is 11.3 Å². The molecule has 0 saturated heterocycles. The molecule has 0 saturated carbocycles. The third-order valence-electron chi connectivity index (χ3n) is 7.23. The SMILES string of the molecule is Cc1nc2c3[c-]c(Oc4[c-]c5c(cc4)c4cccnc4n4ccnc54)ccc3c3ccccc3n2c1C.[Pt+2]. The number of aromatic nitrogens is 5. The van der Waals surface area contributed by atoms with Gasteiger partial charge in [-0.15, -0.1) is 12.1 Å². The molecule has 0 fully saturated rings. The largest absolute Gasteiger partial charge is 2.00 e. The summed E-state index contributed by atoms with van der Waals surface area (Å²) in [6, 6.07) is 27.4. The number of imidazole rings is 2. The van der Waals surface area contributed by atoms with Crippen molar-refractivity contribution in [1.82, 2.24) is 23.8 Å². The number of pyridine rings is 3. The maximum absolute atomic E-state index is 6.33. The summed E-state index contributed by atoms with van der Waals surface area (Å²) in [7, 11) is 0. The maximum Gasteiger partial charge on any atom is 2.00 e. The number of hydrogen-bond donors (Lipinski definition) is 0. The second-order valence-corrected chi connectivity index (χ2v) is 9.28. The summed E-state index contributed by atoms with van der Waals surface area (Å²) in [5.41, 5.74) is 5.82. The minimum absolute atomic E-state index is 0. The Balaban J connectivity index is 0.00000242. The van der Waals surface area contributed by atoms with E-state index in [1.807, 2.05) is 41.8 Å². The van der Waals surface area contributed by atoms with E-state index in [2.05, 4.69) is 69.8 Å². The summed E-state index contributed by atoms with van der Waals surface area (Å²) >= 11 is 0. The van der Waals surface area contributed by atoms with Gasteiger partial charge in [0.15, 0.2) is 0 Å². The molecule has 0 aliphatic rings. The van der Waals surface area contributed by atoms with Crippen LogP contribution in [0.25, 0.3) is 54.8 Å². The zero-order valence-electron chi connectivity index (χ0n) is 20.5. The summed E-state index contributed by atoms with van der Waals surface area (Å²) in [6.45, 7) is 4.15. The van der Waals surface area contributed by atoms with Crippen LogP contribution >= 0.6 is 0 Å². The third kappa shape index (κ3) is 3.13. The van der Waals surface area contributed by atoms with Crippen LogP contribution in [0.3, 0.4) is 0 Å². The zero-order chi connectivity index (χ0) is 24.7. The number of ether oxygens (including phenoxy) is 1. The molecule has 0 spiro atoms. The zero-order valence-corrected chi connectivity index (χ0v) is 22.7. The number of fused-ring (bicyclic) bond motifs is 12. The van der Waals surface area contributed by atoms with Crippen LogP contribution < -0.4 is 4.74 Å². The first-order valence-corrected chi connectivity index (χ1v) is 12.1. The molecule has 0 atom stereocenters. The molecule has 184 valence electrons. The van der Waals surface area contributed by atoms with Gasteiger partial charge in [0, 0.05) is 47.0 Å². The van der Waals surface area contributed by atoms with Crippen molar-refractivity contribution in [2.45, 2.75) is 13.8 Å². The normalized spacial score (nSPS) is 11.7. The Morgan fingerprint density at radius 3 is 2.18 bits per heavy atom. The first-order chi connectivity index (χ1) is 18.2. The Kier molecular flexibility index (Phi) is 5.04. The van der Waals surface area contributed by atoms with Crippen molar-refractivity contribution in [3.8, 4) is 11.5 Å². The average molecular weight is 673 g/mol. The second kappa shape index (κ2) is 8.37. The molecule has 8 aromatic rings. The van der Waals surface area contributed by atoms with Crippen molar-refractivity contribution in [2.24, 2.45) is 0 Å². The number of benzene rings is 3. The van der Waals surface area contributed by atoms with E-state index in [-0.39, 0.29) is 21.1 Å². The van der Waals surface area contributed by atoms with Crippen LogP contribution in [-0.2, 0) is 21.1 Å². The van der Waals surface area contributed by atoms with E-state index in [1.165, 1.54) is 0 Å². The minimum atomic E-state index is 0. The summed E-state index contributed by atoms with van der Waals surface area (Å²) in [5, 5.41) is 6.15. The third-order valence-corrected chi connectivity index (χ3v) is 7.23. The molecule has 6 nitrogen and oxygen atoms in total. The van der Waals surface area contributed by atoms with Crippen LogP contribution in [0.5, 0.6) is 11.5 Å². The van der Waals surface area contributed by atoms with E-state index in [9.17, 15) is 0 Å². The summed E-state index contributed by atoms with van der Waals surface area (Å²) in [4.78, 5) is 14.0. The van der Waals surface area contributed by atoms with E-state index in [0.717, 1.165) is 66.2 Å². The first-order valence-electron chi connectivity index (χ1n) is 12.1. The average Bonchev–Trinajstić information content (AvgIpc) is 3.54. The number of rotatable bonds is 2. The number of para-hydroxylation sites is 1. The molecule has 8 rings (SSSR count). The molecule has 38 heavy (non-hydrogen) atoms. The van der Waals surface area contributed by atoms with Gasteiger partial charge in [0.1, 0.15) is 5.65 Å². The van der Waals surface area contributed by atoms with Crippen LogP contribution in [0.1, 0.15) is 11.4 Å². The Bertz CT molecular complexity index is 2210. The van der Waals surface area contributed by atoms with Crippen LogP contribution in [-0.4, -0.2) is 23.8 Å². The van der Waals surface area contributed by atoms with Gasteiger partial charge in [-0.3, -0.25) is 9.97 Å². The molecule has 5 heterocycles. The van der Waals surface area contributed by atoms with Crippen molar-refractivity contribution in [3.63, 3.8) is 0 Å². The molecule has 5 aromatic heterocycles.